The second-order valence-corrected chi connectivity index (χ2v) is 3.20. The van der Waals surface area contributed by atoms with Gasteiger partial charge in [0.2, 0.25) is 0 Å². The van der Waals surface area contributed by atoms with Crippen LogP contribution in [0.4, 0.5) is 0 Å². The second-order valence-electron chi connectivity index (χ2n) is 3.20. The van der Waals surface area contributed by atoms with E-state index < -0.39 is 0 Å². The standard InChI is InChI=1S/C8H12N4O/c1-12-3-2-7(11-12)8(13)10-6-4-9-5-6/h2-3,6,9H,4-5H2,1H3,(H,10,13). The van der Waals surface area contributed by atoms with Crippen molar-refractivity contribution in [1.82, 2.24) is 20.4 Å². The quantitative estimate of drug-likeness (QED) is 0.621. The topological polar surface area (TPSA) is 59.0 Å². The van der Waals surface area contributed by atoms with Gasteiger partial charge in [-0.3, -0.25) is 9.48 Å². The van der Waals surface area contributed by atoms with Crippen LogP contribution in [0.5, 0.6) is 0 Å². The highest BCUT2D eigenvalue weighted by molar-refractivity contribution is 5.92. The van der Waals surface area contributed by atoms with Crippen LogP contribution in [-0.2, 0) is 7.05 Å². The van der Waals surface area contributed by atoms with Crippen LogP contribution in [0, 0.1) is 0 Å². The largest absolute Gasteiger partial charge is 0.345 e. The maximum absolute atomic E-state index is 11.4. The molecule has 1 aliphatic heterocycles. The molecule has 2 N–H and O–H groups in total. The van der Waals surface area contributed by atoms with Crippen LogP contribution >= 0.6 is 0 Å². The van der Waals surface area contributed by atoms with Crippen molar-refractivity contribution in [3.63, 3.8) is 0 Å². The van der Waals surface area contributed by atoms with Crippen molar-refractivity contribution in [2.45, 2.75) is 6.04 Å². The van der Waals surface area contributed by atoms with Gasteiger partial charge in [-0.2, -0.15) is 5.10 Å². The second kappa shape index (κ2) is 3.18. The zero-order valence-corrected chi connectivity index (χ0v) is 7.45. The molecule has 0 radical (unpaired) electrons. The fourth-order valence-corrected chi connectivity index (χ4v) is 1.19. The molecule has 1 saturated heterocycles. The first-order chi connectivity index (χ1) is 6.25. The first-order valence-electron chi connectivity index (χ1n) is 4.27. The molecule has 0 saturated carbocycles. The van der Waals surface area contributed by atoms with Gasteiger partial charge in [0.15, 0.2) is 0 Å². The zero-order chi connectivity index (χ0) is 9.26. The molecule has 0 unspecified atom stereocenters. The van der Waals surface area contributed by atoms with Crippen LogP contribution in [0.1, 0.15) is 10.5 Å². The summed E-state index contributed by atoms with van der Waals surface area (Å²) in [6.45, 7) is 1.72. The van der Waals surface area contributed by atoms with E-state index in [1.165, 1.54) is 0 Å². The number of nitrogens with one attached hydrogen (secondary N) is 2. The molecule has 1 fully saturated rings. The first kappa shape index (κ1) is 8.25. The molecule has 0 aliphatic carbocycles. The Morgan fingerprint density at radius 3 is 3.00 bits per heavy atom. The number of hydrogen-bond acceptors (Lipinski definition) is 3. The van der Waals surface area contributed by atoms with Crippen LogP contribution in [0.2, 0.25) is 0 Å². The molecule has 1 aromatic rings. The van der Waals surface area contributed by atoms with Crippen LogP contribution in [0.3, 0.4) is 0 Å². The molecule has 0 atom stereocenters. The van der Waals surface area contributed by atoms with Crippen molar-refractivity contribution in [2.75, 3.05) is 13.1 Å². The molecule has 0 bridgehead atoms. The molecule has 1 amide bonds. The molecule has 0 spiro atoms. The van der Waals surface area contributed by atoms with Crippen molar-refractivity contribution in [3.05, 3.63) is 18.0 Å². The normalized spacial score (nSPS) is 16.7. The van der Waals surface area contributed by atoms with Crippen molar-refractivity contribution < 1.29 is 4.79 Å². The third kappa shape index (κ3) is 1.70. The fraction of sp³-hybridized carbons (Fsp3) is 0.500. The maximum Gasteiger partial charge on any atom is 0.272 e. The van der Waals surface area contributed by atoms with Gasteiger partial charge < -0.3 is 10.6 Å². The monoisotopic (exact) mass is 180 g/mol. The average molecular weight is 180 g/mol. The van der Waals surface area contributed by atoms with Crippen molar-refractivity contribution >= 4 is 5.91 Å². The van der Waals surface area contributed by atoms with E-state index in [0.29, 0.717) is 5.69 Å². The highest BCUT2D eigenvalue weighted by Gasteiger charge is 2.20. The molecule has 1 aromatic heterocycles. The number of rotatable bonds is 2. The minimum absolute atomic E-state index is 0.0906. The lowest BCUT2D eigenvalue weighted by Gasteiger charge is -2.27. The first-order valence-corrected chi connectivity index (χ1v) is 4.27. The number of aromatic nitrogens is 2. The van der Waals surface area contributed by atoms with E-state index in [4.69, 9.17) is 0 Å². The van der Waals surface area contributed by atoms with Gasteiger partial charge in [-0.25, -0.2) is 0 Å². The lowest BCUT2D eigenvalue weighted by molar-refractivity contribution is 0.0918. The van der Waals surface area contributed by atoms with Crippen LogP contribution in [0.15, 0.2) is 12.3 Å². The van der Waals surface area contributed by atoms with Gasteiger partial charge >= 0.3 is 0 Å². The molecule has 2 rings (SSSR count). The molecule has 2 heterocycles. The average Bonchev–Trinajstić information content (AvgIpc) is 2.44. The molecule has 13 heavy (non-hydrogen) atoms. The number of hydrogen-bond donors (Lipinski definition) is 2. The summed E-state index contributed by atoms with van der Waals surface area (Å²) in [6, 6.07) is 1.98. The Balaban J connectivity index is 1.96. The predicted octanol–water partition coefficient (Wildman–Crippen LogP) is -0.878. The Hall–Kier alpha value is -1.36. The predicted molar refractivity (Wildman–Crippen MR) is 47.3 cm³/mol. The lowest BCUT2D eigenvalue weighted by Crippen LogP contribution is -2.57. The van der Waals surface area contributed by atoms with Crippen LogP contribution in [-0.4, -0.2) is 34.8 Å². The highest BCUT2D eigenvalue weighted by atomic mass is 16.2. The van der Waals surface area contributed by atoms with E-state index in [1.54, 1.807) is 24.0 Å². The van der Waals surface area contributed by atoms with Gasteiger partial charge in [0, 0.05) is 26.3 Å². The summed E-state index contributed by atoms with van der Waals surface area (Å²) in [6.07, 6.45) is 1.76. The van der Waals surface area contributed by atoms with Crippen molar-refractivity contribution in [1.29, 1.82) is 0 Å². The number of amides is 1. The number of nitrogens with zero attached hydrogens (tertiary/aromatic N) is 2. The molecular weight excluding hydrogens is 168 g/mol. The molecule has 0 aromatic carbocycles. The summed E-state index contributed by atoms with van der Waals surface area (Å²) < 4.78 is 1.62. The zero-order valence-electron chi connectivity index (χ0n) is 7.45. The van der Waals surface area contributed by atoms with Gasteiger partial charge in [-0.05, 0) is 6.07 Å². The number of aryl methyl sites for hydroxylation is 1. The van der Waals surface area contributed by atoms with E-state index in [2.05, 4.69) is 15.7 Å². The van der Waals surface area contributed by atoms with Gasteiger partial charge in [0.25, 0.3) is 5.91 Å². The summed E-state index contributed by atoms with van der Waals surface area (Å²) in [5, 5.41) is 9.96. The highest BCUT2D eigenvalue weighted by Crippen LogP contribution is 1.97. The Labute approximate surface area is 76.1 Å². The van der Waals surface area contributed by atoms with E-state index >= 15 is 0 Å². The maximum atomic E-state index is 11.4. The fourth-order valence-electron chi connectivity index (χ4n) is 1.19. The van der Waals surface area contributed by atoms with Crippen LogP contribution in [0.25, 0.3) is 0 Å². The lowest BCUT2D eigenvalue weighted by atomic mass is 10.2. The Bertz CT molecular complexity index is 316. The summed E-state index contributed by atoms with van der Waals surface area (Å²) in [5.74, 6) is -0.0906. The molecule has 1 aliphatic rings. The summed E-state index contributed by atoms with van der Waals surface area (Å²) in [4.78, 5) is 11.4. The van der Waals surface area contributed by atoms with E-state index in [-0.39, 0.29) is 11.9 Å². The van der Waals surface area contributed by atoms with Gasteiger partial charge in [-0.1, -0.05) is 0 Å². The Morgan fingerprint density at radius 1 is 1.77 bits per heavy atom. The molecule has 5 nitrogen and oxygen atoms in total. The molecule has 70 valence electrons. The molecule has 5 heteroatoms. The minimum atomic E-state index is -0.0906. The smallest absolute Gasteiger partial charge is 0.272 e. The Kier molecular flexibility index (Phi) is 2.02. The SMILES string of the molecule is Cn1ccc(C(=O)NC2CNC2)n1. The van der Waals surface area contributed by atoms with E-state index in [0.717, 1.165) is 13.1 Å². The summed E-state index contributed by atoms with van der Waals surface area (Å²) in [7, 11) is 1.79. The van der Waals surface area contributed by atoms with Gasteiger partial charge in [0.05, 0.1) is 6.04 Å². The molecular formula is C8H12N4O. The van der Waals surface area contributed by atoms with Crippen molar-refractivity contribution in [2.24, 2.45) is 7.05 Å². The van der Waals surface area contributed by atoms with E-state index in [1.807, 2.05) is 0 Å². The third-order valence-electron chi connectivity index (χ3n) is 2.06. The third-order valence-corrected chi connectivity index (χ3v) is 2.06. The Morgan fingerprint density at radius 2 is 2.54 bits per heavy atom. The van der Waals surface area contributed by atoms with Crippen molar-refractivity contribution in [3.8, 4) is 0 Å². The van der Waals surface area contributed by atoms with Crippen LogP contribution < -0.4 is 10.6 Å². The van der Waals surface area contributed by atoms with Gasteiger partial charge in [0.1, 0.15) is 5.69 Å². The van der Waals surface area contributed by atoms with Gasteiger partial charge in [-0.15, -0.1) is 0 Å². The minimum Gasteiger partial charge on any atom is -0.345 e. The van der Waals surface area contributed by atoms with E-state index in [9.17, 15) is 4.79 Å². The summed E-state index contributed by atoms with van der Waals surface area (Å²) in [5.41, 5.74) is 0.481. The summed E-state index contributed by atoms with van der Waals surface area (Å²) >= 11 is 0. The number of carbonyl (C=O) groups is 1. The number of carbonyl (C=O) groups excluding carboxylic acids is 1.